The molecule has 2 rings (SSSR count). The summed E-state index contributed by atoms with van der Waals surface area (Å²) in [5.74, 6) is 3.49. The third kappa shape index (κ3) is 5.28. The number of carbonyl (C=O) groups excluding carboxylic acids is 2. The number of amides is 2. The second-order valence-corrected chi connectivity index (χ2v) is 6.32. The zero-order valence-corrected chi connectivity index (χ0v) is 15.3. The van der Waals surface area contributed by atoms with Crippen molar-refractivity contribution >= 4 is 17.5 Å². The molecule has 0 saturated heterocycles. The predicted octanol–water partition coefficient (Wildman–Crippen LogP) is 1.29. The van der Waals surface area contributed by atoms with E-state index < -0.39 is 29.9 Å². The number of nitrogen functional groups attached to an aromatic ring is 1. The van der Waals surface area contributed by atoms with Gasteiger partial charge in [0.25, 0.3) is 18.2 Å². The summed E-state index contributed by atoms with van der Waals surface area (Å²) in [4.78, 5) is 23.9. The molecule has 29 heavy (non-hydrogen) atoms. The van der Waals surface area contributed by atoms with Gasteiger partial charge in [0.1, 0.15) is 6.04 Å². The first-order valence-corrected chi connectivity index (χ1v) is 8.38. The number of anilines is 1. The zero-order chi connectivity index (χ0) is 21.6. The fourth-order valence-corrected chi connectivity index (χ4v) is 2.34. The lowest BCUT2D eigenvalue weighted by molar-refractivity contribution is -0.149. The molecule has 6 N–H and O–H groups in total. The van der Waals surface area contributed by atoms with Crippen LogP contribution in [0.5, 0.6) is 0 Å². The van der Waals surface area contributed by atoms with E-state index >= 15 is 0 Å². The number of aliphatic hydroxyl groups is 1. The fourth-order valence-electron chi connectivity index (χ4n) is 2.34. The number of alkyl halides is 2. The Bertz CT molecular complexity index is 950. The van der Waals surface area contributed by atoms with Crippen LogP contribution in [0.25, 0.3) is 0 Å². The van der Waals surface area contributed by atoms with Crippen molar-refractivity contribution in [3.63, 3.8) is 0 Å². The number of hydrogen-bond acceptors (Lipinski definition) is 5. The molecule has 0 unspecified atom stereocenters. The van der Waals surface area contributed by atoms with E-state index in [9.17, 15) is 23.5 Å². The molecule has 2 atom stereocenters. The van der Waals surface area contributed by atoms with Gasteiger partial charge in [-0.05, 0) is 43.3 Å². The van der Waals surface area contributed by atoms with Gasteiger partial charge in [0.15, 0.2) is 5.60 Å². The topological polar surface area (TPSA) is 125 Å². The first-order chi connectivity index (χ1) is 13.7. The standard InChI is InChI=1S/C20H19F2N3O4/c1-20(28,19(21)22)16(18(27)25-29)24-17(26)14-10-7-12(8-11-14)6-9-13-4-2-3-5-15(13)23/h2-5,7-8,10-11,16,19,28-29H,23H2,1H3,(H,24,26)(H,25,27)/t16-,20+/m1/s1. The van der Waals surface area contributed by atoms with Gasteiger partial charge < -0.3 is 16.2 Å². The molecule has 9 heteroatoms. The van der Waals surface area contributed by atoms with Crippen LogP contribution >= 0.6 is 0 Å². The number of para-hydroxylation sites is 1. The molecule has 7 nitrogen and oxygen atoms in total. The molecule has 0 radical (unpaired) electrons. The molecule has 152 valence electrons. The number of nitrogens with one attached hydrogen (secondary N) is 2. The lowest BCUT2D eigenvalue weighted by Crippen LogP contribution is -2.61. The van der Waals surface area contributed by atoms with Crippen LogP contribution in [-0.4, -0.2) is 40.2 Å². The van der Waals surface area contributed by atoms with Gasteiger partial charge >= 0.3 is 0 Å². The Morgan fingerprint density at radius 1 is 1.10 bits per heavy atom. The van der Waals surface area contributed by atoms with Gasteiger partial charge in [0, 0.05) is 22.4 Å². The lowest BCUT2D eigenvalue weighted by atomic mass is 9.95. The maximum atomic E-state index is 13.0. The maximum absolute atomic E-state index is 13.0. The molecule has 2 aromatic carbocycles. The largest absolute Gasteiger partial charge is 0.398 e. The van der Waals surface area contributed by atoms with E-state index in [0.717, 1.165) is 5.48 Å². The summed E-state index contributed by atoms with van der Waals surface area (Å²) < 4.78 is 26.1. The highest BCUT2D eigenvalue weighted by atomic mass is 19.3. The summed E-state index contributed by atoms with van der Waals surface area (Å²) in [6.45, 7) is 0.672. The average molecular weight is 403 g/mol. The summed E-state index contributed by atoms with van der Waals surface area (Å²) >= 11 is 0. The Labute approximate surface area is 165 Å². The van der Waals surface area contributed by atoms with Crippen LogP contribution in [0.4, 0.5) is 14.5 Å². The van der Waals surface area contributed by atoms with Crippen molar-refractivity contribution in [1.29, 1.82) is 0 Å². The second-order valence-electron chi connectivity index (χ2n) is 6.32. The summed E-state index contributed by atoms with van der Waals surface area (Å²) in [5, 5.41) is 20.5. The van der Waals surface area contributed by atoms with Crippen LogP contribution in [0, 0.1) is 11.8 Å². The van der Waals surface area contributed by atoms with E-state index in [0.29, 0.717) is 23.7 Å². The number of nitrogens with two attached hydrogens (primary N) is 1. The van der Waals surface area contributed by atoms with Crippen LogP contribution in [0.2, 0.25) is 0 Å². The van der Waals surface area contributed by atoms with Crippen molar-refractivity contribution in [1.82, 2.24) is 10.8 Å². The SMILES string of the molecule is C[C@@](O)(C(F)F)[C@H](NC(=O)c1ccc(C#Cc2ccccc2N)cc1)C(=O)NO. The lowest BCUT2D eigenvalue weighted by Gasteiger charge is -2.30. The Hall–Kier alpha value is -3.48. The molecule has 0 heterocycles. The van der Waals surface area contributed by atoms with E-state index in [1.807, 2.05) is 5.32 Å². The number of hydrogen-bond donors (Lipinski definition) is 5. The number of hydroxylamine groups is 1. The monoisotopic (exact) mass is 403 g/mol. The normalized spacial score (nSPS) is 13.6. The minimum Gasteiger partial charge on any atom is -0.398 e. The average Bonchev–Trinajstić information content (AvgIpc) is 2.70. The van der Waals surface area contributed by atoms with Crippen LogP contribution < -0.4 is 16.5 Å². The summed E-state index contributed by atoms with van der Waals surface area (Å²) in [6, 6.07) is 10.7. The van der Waals surface area contributed by atoms with E-state index in [1.54, 1.807) is 24.3 Å². The van der Waals surface area contributed by atoms with E-state index in [-0.39, 0.29) is 5.56 Å². The summed E-state index contributed by atoms with van der Waals surface area (Å²) in [5.41, 5.74) is 5.83. The number of halogens is 2. The predicted molar refractivity (Wildman–Crippen MR) is 101 cm³/mol. The summed E-state index contributed by atoms with van der Waals surface area (Å²) in [7, 11) is 0. The molecule has 0 saturated carbocycles. The van der Waals surface area contributed by atoms with Crippen molar-refractivity contribution in [2.45, 2.75) is 25.0 Å². The first kappa shape index (κ1) is 21.8. The van der Waals surface area contributed by atoms with E-state index in [1.165, 1.54) is 24.3 Å². The Morgan fingerprint density at radius 3 is 2.28 bits per heavy atom. The highest BCUT2D eigenvalue weighted by molar-refractivity contribution is 5.97. The molecule has 0 fully saturated rings. The molecule has 0 aliphatic rings. The molecule has 2 aromatic rings. The molecular weight excluding hydrogens is 384 g/mol. The fraction of sp³-hybridized carbons (Fsp3) is 0.200. The third-order valence-corrected chi connectivity index (χ3v) is 4.12. The van der Waals surface area contributed by atoms with Crippen molar-refractivity contribution in [2.24, 2.45) is 0 Å². The molecule has 0 spiro atoms. The third-order valence-electron chi connectivity index (χ3n) is 4.12. The highest BCUT2D eigenvalue weighted by Gasteiger charge is 2.46. The van der Waals surface area contributed by atoms with Crippen LogP contribution in [0.1, 0.15) is 28.4 Å². The molecular formula is C20H19F2N3O4. The smallest absolute Gasteiger partial charge is 0.269 e. The number of benzene rings is 2. The van der Waals surface area contributed by atoms with Gasteiger partial charge in [0.05, 0.1) is 0 Å². The van der Waals surface area contributed by atoms with E-state index in [4.69, 9.17) is 10.9 Å². The molecule has 0 aromatic heterocycles. The van der Waals surface area contributed by atoms with Crippen molar-refractivity contribution < 1.29 is 28.7 Å². The molecule has 0 bridgehead atoms. The molecule has 0 aliphatic heterocycles. The number of carbonyl (C=O) groups is 2. The van der Waals surface area contributed by atoms with E-state index in [2.05, 4.69) is 11.8 Å². The van der Waals surface area contributed by atoms with Gasteiger partial charge in [-0.2, -0.15) is 0 Å². The maximum Gasteiger partial charge on any atom is 0.269 e. The number of rotatable bonds is 5. The molecule has 0 aliphatic carbocycles. The van der Waals surface area contributed by atoms with Crippen LogP contribution in [0.15, 0.2) is 48.5 Å². The Morgan fingerprint density at radius 2 is 1.72 bits per heavy atom. The minimum absolute atomic E-state index is 0.0376. The first-order valence-electron chi connectivity index (χ1n) is 8.38. The second kappa shape index (κ2) is 9.14. The van der Waals surface area contributed by atoms with Gasteiger partial charge in [-0.1, -0.05) is 24.0 Å². The van der Waals surface area contributed by atoms with Crippen LogP contribution in [-0.2, 0) is 4.79 Å². The molecule has 2 amide bonds. The van der Waals surface area contributed by atoms with Crippen LogP contribution in [0.3, 0.4) is 0 Å². The Balaban J connectivity index is 2.17. The summed E-state index contributed by atoms with van der Waals surface area (Å²) in [6.07, 6.45) is -3.35. The van der Waals surface area contributed by atoms with Gasteiger partial charge in [0.2, 0.25) is 0 Å². The highest BCUT2D eigenvalue weighted by Crippen LogP contribution is 2.20. The minimum atomic E-state index is -3.35. The zero-order valence-electron chi connectivity index (χ0n) is 15.3. The van der Waals surface area contributed by atoms with Gasteiger partial charge in [-0.25, -0.2) is 14.3 Å². The van der Waals surface area contributed by atoms with Crippen molar-refractivity contribution in [2.75, 3.05) is 5.73 Å². The van der Waals surface area contributed by atoms with Crippen molar-refractivity contribution in [3.8, 4) is 11.8 Å². The Kier molecular flexibility index (Phi) is 6.88. The van der Waals surface area contributed by atoms with Crippen molar-refractivity contribution in [3.05, 3.63) is 65.2 Å². The van der Waals surface area contributed by atoms with Gasteiger partial charge in [-0.3, -0.25) is 14.8 Å². The van der Waals surface area contributed by atoms with Gasteiger partial charge in [-0.15, -0.1) is 0 Å². The quantitative estimate of drug-likeness (QED) is 0.223.